The monoisotopic (exact) mass is 248 g/mol. The van der Waals surface area contributed by atoms with E-state index < -0.39 is 0 Å². The maximum Gasteiger partial charge on any atom is 0.274 e. The Morgan fingerprint density at radius 2 is 2.28 bits per heavy atom. The van der Waals surface area contributed by atoms with Crippen LogP contribution in [-0.4, -0.2) is 40.1 Å². The van der Waals surface area contributed by atoms with Crippen molar-refractivity contribution < 1.29 is 4.79 Å². The van der Waals surface area contributed by atoms with Crippen molar-refractivity contribution in [3.8, 4) is 0 Å². The van der Waals surface area contributed by atoms with Gasteiger partial charge >= 0.3 is 0 Å². The molecule has 0 radical (unpaired) electrons. The lowest BCUT2D eigenvalue weighted by Crippen LogP contribution is -2.47. The number of piperidine rings is 1. The first-order valence-corrected chi connectivity index (χ1v) is 6.86. The minimum atomic E-state index is 0.0355. The number of hydrogen-bond acceptors (Lipinski definition) is 3. The first kappa shape index (κ1) is 11.7. The highest BCUT2D eigenvalue weighted by atomic mass is 16.2. The van der Waals surface area contributed by atoms with Gasteiger partial charge in [-0.2, -0.15) is 5.10 Å². The largest absolute Gasteiger partial charge is 0.333 e. The van der Waals surface area contributed by atoms with Gasteiger partial charge in [-0.1, -0.05) is 0 Å². The van der Waals surface area contributed by atoms with E-state index in [4.69, 9.17) is 5.73 Å². The smallest absolute Gasteiger partial charge is 0.274 e. The number of H-pyrrole nitrogens is 1. The van der Waals surface area contributed by atoms with Gasteiger partial charge in [0, 0.05) is 30.7 Å². The van der Waals surface area contributed by atoms with Gasteiger partial charge in [-0.3, -0.25) is 9.89 Å². The number of carbonyl (C=O) groups is 1. The minimum Gasteiger partial charge on any atom is -0.333 e. The fraction of sp³-hybridized carbons (Fsp3) is 0.692. The molecule has 1 aliphatic carbocycles. The number of likely N-dealkylation sites (tertiary alicyclic amines) is 1. The van der Waals surface area contributed by atoms with Crippen LogP contribution in [0.15, 0.2) is 6.07 Å². The second kappa shape index (κ2) is 4.72. The molecule has 1 aromatic heterocycles. The molecule has 5 nitrogen and oxygen atoms in total. The molecular weight excluding hydrogens is 228 g/mol. The van der Waals surface area contributed by atoms with E-state index in [0.717, 1.165) is 25.1 Å². The third-order valence-electron chi connectivity index (χ3n) is 3.99. The summed E-state index contributed by atoms with van der Waals surface area (Å²) in [5, 5.41) is 7.16. The van der Waals surface area contributed by atoms with Crippen LogP contribution in [0.3, 0.4) is 0 Å². The van der Waals surface area contributed by atoms with E-state index in [-0.39, 0.29) is 11.9 Å². The zero-order valence-corrected chi connectivity index (χ0v) is 10.6. The maximum atomic E-state index is 12.4. The van der Waals surface area contributed by atoms with E-state index in [2.05, 4.69) is 10.2 Å². The van der Waals surface area contributed by atoms with Gasteiger partial charge in [0.15, 0.2) is 0 Å². The summed E-state index contributed by atoms with van der Waals surface area (Å²) in [6.45, 7) is 1.36. The summed E-state index contributed by atoms with van der Waals surface area (Å²) >= 11 is 0. The molecule has 2 fully saturated rings. The maximum absolute atomic E-state index is 12.4. The number of hydrogen-bond donors (Lipinski definition) is 2. The minimum absolute atomic E-state index is 0.0355. The number of amides is 1. The molecule has 3 N–H and O–H groups in total. The summed E-state index contributed by atoms with van der Waals surface area (Å²) in [5.74, 6) is 0.638. The molecule has 2 heterocycles. The Labute approximate surface area is 107 Å². The van der Waals surface area contributed by atoms with E-state index in [1.165, 1.54) is 19.3 Å². The van der Waals surface area contributed by atoms with Crippen molar-refractivity contribution in [1.29, 1.82) is 0 Å². The average Bonchev–Trinajstić information content (AvgIpc) is 3.16. The normalized spacial score (nSPS) is 24.3. The molecule has 5 heteroatoms. The van der Waals surface area contributed by atoms with Gasteiger partial charge in [0.2, 0.25) is 0 Å². The van der Waals surface area contributed by atoms with Gasteiger partial charge in [-0.25, -0.2) is 0 Å². The van der Waals surface area contributed by atoms with Crippen LogP contribution in [0.1, 0.15) is 54.2 Å². The molecule has 1 unspecified atom stereocenters. The Kier molecular flexibility index (Phi) is 3.07. The fourth-order valence-electron chi connectivity index (χ4n) is 2.71. The highest BCUT2D eigenvalue weighted by Gasteiger charge is 2.30. The van der Waals surface area contributed by atoms with E-state index in [0.29, 0.717) is 18.2 Å². The first-order chi connectivity index (χ1) is 8.79. The molecule has 0 spiro atoms. The van der Waals surface area contributed by atoms with E-state index >= 15 is 0 Å². The van der Waals surface area contributed by atoms with Crippen LogP contribution in [-0.2, 0) is 0 Å². The Balaban J connectivity index is 1.74. The molecule has 1 saturated carbocycles. The van der Waals surface area contributed by atoms with Crippen LogP contribution in [0.25, 0.3) is 0 Å². The number of nitrogens with zero attached hydrogens (tertiary/aromatic N) is 2. The van der Waals surface area contributed by atoms with Crippen LogP contribution in [0.4, 0.5) is 0 Å². The Hall–Kier alpha value is -1.36. The molecule has 1 aliphatic heterocycles. The topological polar surface area (TPSA) is 75.0 Å². The molecule has 3 rings (SSSR count). The summed E-state index contributed by atoms with van der Waals surface area (Å²) in [6.07, 6.45) is 5.68. The van der Waals surface area contributed by atoms with Crippen LogP contribution in [0.2, 0.25) is 0 Å². The predicted molar refractivity (Wildman–Crippen MR) is 68.3 cm³/mol. The second-order valence-electron chi connectivity index (χ2n) is 5.37. The summed E-state index contributed by atoms with van der Waals surface area (Å²) < 4.78 is 0. The molecule has 1 amide bonds. The summed E-state index contributed by atoms with van der Waals surface area (Å²) in [6, 6.07) is 2.11. The summed E-state index contributed by atoms with van der Waals surface area (Å²) in [4.78, 5) is 14.3. The SMILES string of the molecule is NCC1CCCCN1C(=O)c1cc(C2CC2)[nH]n1. The fourth-order valence-corrected chi connectivity index (χ4v) is 2.71. The molecule has 1 saturated heterocycles. The van der Waals surface area contributed by atoms with Crippen LogP contribution in [0.5, 0.6) is 0 Å². The predicted octanol–water partition coefficient (Wildman–Crippen LogP) is 1.24. The first-order valence-electron chi connectivity index (χ1n) is 6.86. The number of aromatic amines is 1. The number of carbonyl (C=O) groups excluding carboxylic acids is 1. The molecule has 1 aromatic rings. The Morgan fingerprint density at radius 3 is 3.00 bits per heavy atom. The van der Waals surface area contributed by atoms with Crippen molar-refractivity contribution in [1.82, 2.24) is 15.1 Å². The molecule has 0 bridgehead atoms. The number of aromatic nitrogens is 2. The highest BCUT2D eigenvalue weighted by molar-refractivity contribution is 5.92. The Morgan fingerprint density at radius 1 is 1.44 bits per heavy atom. The van der Waals surface area contributed by atoms with Crippen molar-refractivity contribution in [3.05, 3.63) is 17.5 Å². The van der Waals surface area contributed by atoms with Gasteiger partial charge < -0.3 is 10.6 Å². The lowest BCUT2D eigenvalue weighted by atomic mass is 10.0. The Bertz CT molecular complexity index is 438. The molecule has 18 heavy (non-hydrogen) atoms. The number of nitrogens with two attached hydrogens (primary N) is 1. The molecule has 98 valence electrons. The molecule has 1 atom stereocenters. The highest BCUT2D eigenvalue weighted by Crippen LogP contribution is 2.39. The summed E-state index contributed by atoms with van der Waals surface area (Å²) in [7, 11) is 0. The van der Waals surface area contributed by atoms with E-state index in [9.17, 15) is 4.79 Å². The van der Waals surface area contributed by atoms with Crippen molar-refractivity contribution >= 4 is 5.91 Å². The zero-order valence-electron chi connectivity index (χ0n) is 10.6. The van der Waals surface area contributed by atoms with Gasteiger partial charge in [0.1, 0.15) is 5.69 Å². The van der Waals surface area contributed by atoms with Crippen molar-refractivity contribution in [2.24, 2.45) is 5.73 Å². The third-order valence-corrected chi connectivity index (χ3v) is 3.99. The van der Waals surface area contributed by atoms with Crippen LogP contribution >= 0.6 is 0 Å². The lowest BCUT2D eigenvalue weighted by molar-refractivity contribution is 0.0617. The molecule has 2 aliphatic rings. The quantitative estimate of drug-likeness (QED) is 0.845. The number of rotatable bonds is 3. The zero-order chi connectivity index (χ0) is 12.5. The third kappa shape index (κ3) is 2.14. The van der Waals surface area contributed by atoms with Gasteiger partial charge in [0.05, 0.1) is 0 Å². The van der Waals surface area contributed by atoms with Crippen LogP contribution in [0, 0.1) is 0 Å². The van der Waals surface area contributed by atoms with Gasteiger partial charge in [-0.15, -0.1) is 0 Å². The second-order valence-corrected chi connectivity index (χ2v) is 5.37. The molecule has 0 aromatic carbocycles. The van der Waals surface area contributed by atoms with E-state index in [1.54, 1.807) is 0 Å². The van der Waals surface area contributed by atoms with Gasteiger partial charge in [0.25, 0.3) is 5.91 Å². The molecular formula is C13H20N4O. The standard InChI is InChI=1S/C13H20N4O/c14-8-10-3-1-2-6-17(10)13(18)12-7-11(15-16-12)9-4-5-9/h7,9-10H,1-6,8,14H2,(H,15,16). The van der Waals surface area contributed by atoms with Crippen molar-refractivity contribution in [2.75, 3.05) is 13.1 Å². The number of nitrogens with one attached hydrogen (secondary N) is 1. The van der Waals surface area contributed by atoms with Crippen LogP contribution < -0.4 is 5.73 Å². The lowest BCUT2D eigenvalue weighted by Gasteiger charge is -2.34. The average molecular weight is 248 g/mol. The van der Waals surface area contributed by atoms with Crippen molar-refractivity contribution in [2.45, 2.75) is 44.1 Å². The van der Waals surface area contributed by atoms with Gasteiger partial charge in [-0.05, 0) is 38.2 Å². The van der Waals surface area contributed by atoms with E-state index in [1.807, 2.05) is 11.0 Å². The van der Waals surface area contributed by atoms with Crippen molar-refractivity contribution in [3.63, 3.8) is 0 Å². The summed E-state index contributed by atoms with van der Waals surface area (Å²) in [5.41, 5.74) is 7.41.